The summed E-state index contributed by atoms with van der Waals surface area (Å²) < 4.78 is 105. The normalized spacial score (nSPS) is 12.9. The molecule has 0 amide bonds. The molecule has 1 aliphatic rings. The molecule has 0 fully saturated rings. The van der Waals surface area contributed by atoms with E-state index >= 15 is 0 Å². The molecule has 0 aromatic heterocycles. The van der Waals surface area contributed by atoms with Gasteiger partial charge in [0.15, 0.2) is 0 Å². The molecule has 0 radical (unpaired) electrons. The summed E-state index contributed by atoms with van der Waals surface area (Å²) in [4.78, 5) is 1.81. The molecule has 49 heavy (non-hydrogen) atoms. The first-order chi connectivity index (χ1) is 22.0. The minimum absolute atomic E-state index is 0. The molecule has 17 heteroatoms. The van der Waals surface area contributed by atoms with Crippen LogP contribution < -0.4 is 75.2 Å². The second kappa shape index (κ2) is 16.0. The van der Waals surface area contributed by atoms with E-state index in [9.17, 15) is 38.9 Å². The summed E-state index contributed by atoms with van der Waals surface area (Å²) in [7, 11) is -14.2. The molecule has 1 aliphatic carbocycles. The minimum atomic E-state index is -4.98. The van der Waals surface area contributed by atoms with E-state index in [0.717, 1.165) is 6.07 Å². The van der Waals surface area contributed by atoms with Crippen LogP contribution in [0.2, 0.25) is 0 Å². The van der Waals surface area contributed by atoms with E-state index in [-0.39, 0.29) is 75.3 Å². The third-order valence-electron chi connectivity index (χ3n) is 7.10. The van der Waals surface area contributed by atoms with Gasteiger partial charge in [-0.05, 0) is 95.9 Å². The second-order valence-corrected chi connectivity index (χ2v) is 14.5. The number of hydrogen-bond acceptors (Lipinski definition) is 11. The van der Waals surface area contributed by atoms with Crippen LogP contribution in [-0.4, -0.2) is 44.6 Å². The predicted molar refractivity (Wildman–Crippen MR) is 172 cm³/mol. The maximum absolute atomic E-state index is 12.4. The van der Waals surface area contributed by atoms with Gasteiger partial charge in [0.1, 0.15) is 30.4 Å². The Morgan fingerprint density at radius 3 is 1.82 bits per heavy atom. The first-order valence-corrected chi connectivity index (χ1v) is 17.8. The van der Waals surface area contributed by atoms with E-state index in [1.165, 1.54) is 48.5 Å². The Morgan fingerprint density at radius 1 is 0.673 bits per heavy atom. The van der Waals surface area contributed by atoms with Crippen molar-refractivity contribution in [3.8, 4) is 0 Å². The molecule has 0 bridgehead atoms. The fraction of sp³-hybridized carbons (Fsp3) is 0.0312. The van der Waals surface area contributed by atoms with Gasteiger partial charge in [0.25, 0.3) is 0 Å². The molecule has 0 heterocycles. The van der Waals surface area contributed by atoms with Gasteiger partial charge in [-0.25, -0.2) is 30.2 Å². The summed E-state index contributed by atoms with van der Waals surface area (Å²) in [6, 6.07) is 19.9. The van der Waals surface area contributed by atoms with Crippen LogP contribution >= 0.6 is 0 Å². The summed E-state index contributed by atoms with van der Waals surface area (Å²) >= 11 is 0. The van der Waals surface area contributed by atoms with Crippen LogP contribution in [0.1, 0.15) is 16.7 Å². The van der Waals surface area contributed by atoms with Gasteiger partial charge in [0.05, 0.1) is 14.7 Å². The van der Waals surface area contributed by atoms with Crippen molar-refractivity contribution >= 4 is 64.4 Å². The summed E-state index contributed by atoms with van der Waals surface area (Å²) in [6.45, 7) is 1.68. The molecule has 4 N–H and O–H groups in total. The zero-order valence-corrected chi connectivity index (χ0v) is 32.8. The van der Waals surface area contributed by atoms with Gasteiger partial charge in [-0.1, -0.05) is 18.2 Å². The first kappa shape index (κ1) is 40.5. The van der Waals surface area contributed by atoms with Crippen LogP contribution in [0.15, 0.2) is 129 Å². The van der Waals surface area contributed by atoms with E-state index in [1.54, 1.807) is 61.6 Å². The van der Waals surface area contributed by atoms with Gasteiger partial charge in [0.2, 0.25) is 11.4 Å². The summed E-state index contributed by atoms with van der Waals surface area (Å²) in [5, 5.41) is 3.02. The number of hydrogen-bond donors (Lipinski definition) is 3. The molecule has 0 atom stereocenters. The second-order valence-electron chi connectivity index (χ2n) is 10.4. The predicted octanol–water partition coefficient (Wildman–Crippen LogP) is -3.18. The van der Waals surface area contributed by atoms with Crippen molar-refractivity contribution in [3.05, 3.63) is 131 Å². The van der Waals surface area contributed by atoms with E-state index in [2.05, 4.69) is 10.3 Å². The maximum Gasteiger partial charge on any atom is 1.00 e. The fourth-order valence-corrected chi connectivity index (χ4v) is 6.48. The SMILES string of the molecule is Cc1cc(C(=C2C=CC(=[NH+]c3ccc(S(=O)(=O)[O-])cc3)C=C2)c2ccc(Nc3cccc(S(=O)(=O)[O-])c3)cc2)c(S(=O)(=O)[O-])cc1N.[Na+].[Na+]. The number of nitrogens with one attached hydrogen (secondary N) is 2. The molecular formula is C32H25N3Na2O9S3. The van der Waals surface area contributed by atoms with Crippen LogP contribution in [0, 0.1) is 6.92 Å². The third kappa shape index (κ3) is 10.1. The molecule has 0 saturated carbocycles. The molecule has 242 valence electrons. The van der Waals surface area contributed by atoms with Gasteiger partial charge >= 0.3 is 59.1 Å². The van der Waals surface area contributed by atoms with Gasteiger partial charge in [-0.2, -0.15) is 0 Å². The Labute approximate surface area is 328 Å². The molecule has 4 aromatic carbocycles. The zero-order valence-electron chi connectivity index (χ0n) is 26.4. The topological polar surface area (TPSA) is 224 Å². The molecule has 0 aliphatic heterocycles. The van der Waals surface area contributed by atoms with E-state index in [0.29, 0.717) is 45.0 Å². The third-order valence-corrected chi connectivity index (χ3v) is 9.65. The Morgan fingerprint density at radius 2 is 1.27 bits per heavy atom. The molecule has 12 nitrogen and oxygen atoms in total. The summed E-state index contributed by atoms with van der Waals surface area (Å²) in [5.74, 6) is 0. The first-order valence-electron chi connectivity index (χ1n) is 13.6. The van der Waals surface area contributed by atoms with E-state index < -0.39 is 40.1 Å². The summed E-state index contributed by atoms with van der Waals surface area (Å²) in [6.07, 6.45) is 6.77. The molecule has 5 rings (SSSR count). The number of nitrogens with two attached hydrogens (primary N) is 1. The van der Waals surface area contributed by atoms with Gasteiger partial charge in [-0.3, -0.25) is 0 Å². The van der Waals surface area contributed by atoms with Crippen molar-refractivity contribution in [2.75, 3.05) is 11.1 Å². The number of nitrogen functional groups attached to an aromatic ring is 1. The van der Waals surface area contributed by atoms with Crippen molar-refractivity contribution < 1.29 is 103 Å². The Bertz CT molecular complexity index is 2340. The van der Waals surface area contributed by atoms with Crippen molar-refractivity contribution in [3.63, 3.8) is 0 Å². The largest absolute Gasteiger partial charge is 1.00 e. The standard InChI is InChI=1S/C32H27N3O9S3.2Na/c1-20-17-29(31(19-30(20)33)47(42,43)44)32(21-5-9-23(10-6-21)34-25-13-15-27(16-14-25)45(36,37)38)22-7-11-24(12-8-22)35-26-3-2-4-28(18-26)46(39,40)41;;/h2-19,35H,33H2,1H3,(H,36,37,38)(H,39,40,41)(H,42,43,44);;/q;2*+1/p-2. The Hall–Kier alpha value is -2.90. The average Bonchev–Trinajstić information content (AvgIpc) is 2.99. The van der Waals surface area contributed by atoms with Crippen molar-refractivity contribution in [1.82, 2.24) is 0 Å². The zero-order chi connectivity index (χ0) is 34.1. The van der Waals surface area contributed by atoms with Crippen LogP contribution in [0.25, 0.3) is 5.57 Å². The fourth-order valence-electron chi connectivity index (χ4n) is 4.79. The van der Waals surface area contributed by atoms with E-state index in [4.69, 9.17) is 5.73 Å². The molecule has 4 aromatic rings. The van der Waals surface area contributed by atoms with Crippen LogP contribution in [0.5, 0.6) is 0 Å². The number of aryl methyl sites for hydroxylation is 1. The van der Waals surface area contributed by atoms with Crippen LogP contribution in [-0.2, 0) is 30.4 Å². The average molecular weight is 738 g/mol. The number of anilines is 3. The monoisotopic (exact) mass is 737 g/mol. The van der Waals surface area contributed by atoms with Crippen LogP contribution in [0.4, 0.5) is 22.7 Å². The maximum atomic E-state index is 12.4. The molecular weight excluding hydrogens is 713 g/mol. The van der Waals surface area contributed by atoms with Crippen LogP contribution in [0.3, 0.4) is 0 Å². The van der Waals surface area contributed by atoms with Crippen molar-refractivity contribution in [1.29, 1.82) is 0 Å². The summed E-state index contributed by atoms with van der Waals surface area (Å²) in [5.41, 5.74) is 10.2. The van der Waals surface area contributed by atoms with Crippen molar-refractivity contribution in [2.24, 2.45) is 0 Å². The molecule has 0 unspecified atom stereocenters. The molecule has 0 saturated heterocycles. The smallest absolute Gasteiger partial charge is 0.744 e. The van der Waals surface area contributed by atoms with Gasteiger partial charge in [0, 0.05) is 46.9 Å². The van der Waals surface area contributed by atoms with Gasteiger partial charge in [-0.15, -0.1) is 0 Å². The number of allylic oxidation sites excluding steroid dienone is 5. The van der Waals surface area contributed by atoms with Crippen molar-refractivity contribution in [2.45, 2.75) is 21.6 Å². The Kier molecular flexibility index (Phi) is 13.2. The Balaban J connectivity index is 0.00000325. The number of rotatable bonds is 8. The number of benzene rings is 4. The quantitative estimate of drug-likeness (QED) is 0.0929. The van der Waals surface area contributed by atoms with Gasteiger partial charge < -0.3 is 24.7 Å². The molecule has 0 spiro atoms. The minimum Gasteiger partial charge on any atom is -0.744 e. The van der Waals surface area contributed by atoms with E-state index in [1.807, 2.05) is 0 Å².